The van der Waals surface area contributed by atoms with Gasteiger partial charge in [0, 0.05) is 31.8 Å². The van der Waals surface area contributed by atoms with Gasteiger partial charge in [-0.2, -0.15) is 4.98 Å². The van der Waals surface area contributed by atoms with Crippen LogP contribution < -0.4 is 0 Å². The number of hydrogen-bond donors (Lipinski definition) is 0. The van der Waals surface area contributed by atoms with E-state index < -0.39 is 0 Å². The molecule has 5 nitrogen and oxygen atoms in total. The number of rotatable bonds is 3. The van der Waals surface area contributed by atoms with Crippen molar-refractivity contribution >= 4 is 5.91 Å². The summed E-state index contributed by atoms with van der Waals surface area (Å²) in [4.78, 5) is 19.0. The summed E-state index contributed by atoms with van der Waals surface area (Å²) in [6, 6.07) is 6.76. The molecule has 3 atom stereocenters. The lowest BCUT2D eigenvalue weighted by molar-refractivity contribution is -0.133. The van der Waals surface area contributed by atoms with Gasteiger partial charge in [0.15, 0.2) is 5.82 Å². The summed E-state index contributed by atoms with van der Waals surface area (Å²) < 4.78 is 18.9. The number of hydrogen-bond acceptors (Lipinski definition) is 4. The van der Waals surface area contributed by atoms with Crippen LogP contribution in [-0.4, -0.2) is 34.0 Å². The normalized spacial score (nSPS) is 26.4. The molecule has 0 N–H and O–H groups in total. The van der Waals surface area contributed by atoms with Crippen molar-refractivity contribution in [2.24, 2.45) is 5.92 Å². The van der Waals surface area contributed by atoms with Crippen molar-refractivity contribution in [1.82, 2.24) is 15.0 Å². The van der Waals surface area contributed by atoms with E-state index in [2.05, 4.69) is 10.1 Å². The van der Waals surface area contributed by atoms with Crippen LogP contribution in [0.25, 0.3) is 0 Å². The van der Waals surface area contributed by atoms with Gasteiger partial charge in [-0.25, -0.2) is 4.39 Å². The Morgan fingerprint density at radius 2 is 2.21 bits per heavy atom. The third kappa shape index (κ3) is 2.81. The highest BCUT2D eigenvalue weighted by Gasteiger charge is 2.47. The summed E-state index contributed by atoms with van der Waals surface area (Å²) in [6.07, 6.45) is 2.63. The fourth-order valence-corrected chi connectivity index (χ4v) is 3.69. The van der Waals surface area contributed by atoms with Crippen LogP contribution in [0.3, 0.4) is 0 Å². The summed E-state index contributed by atoms with van der Waals surface area (Å²) in [5.41, 5.74) is 0.665. The molecule has 2 aliphatic rings. The zero-order valence-corrected chi connectivity index (χ0v) is 13.6. The Labute approximate surface area is 139 Å². The van der Waals surface area contributed by atoms with E-state index in [0.29, 0.717) is 23.8 Å². The molecule has 1 aliphatic heterocycles. The van der Waals surface area contributed by atoms with Gasteiger partial charge in [-0.15, -0.1) is 0 Å². The van der Waals surface area contributed by atoms with Crippen LogP contribution in [0.1, 0.15) is 48.4 Å². The quantitative estimate of drug-likeness (QED) is 0.868. The van der Waals surface area contributed by atoms with Gasteiger partial charge in [0.05, 0.1) is 0 Å². The minimum absolute atomic E-state index is 0.0199. The molecule has 2 heterocycles. The Balaban J connectivity index is 1.43. The number of halogens is 1. The van der Waals surface area contributed by atoms with Crippen LogP contribution in [-0.2, 0) is 4.79 Å². The minimum atomic E-state index is -0.211. The predicted molar refractivity (Wildman–Crippen MR) is 84.8 cm³/mol. The largest absolute Gasteiger partial charge is 0.342 e. The van der Waals surface area contributed by atoms with Crippen molar-refractivity contribution in [2.45, 2.75) is 38.0 Å². The van der Waals surface area contributed by atoms with Crippen molar-refractivity contribution in [1.29, 1.82) is 0 Å². The van der Waals surface area contributed by atoms with E-state index in [0.717, 1.165) is 25.8 Å². The zero-order valence-electron chi connectivity index (χ0n) is 13.6. The van der Waals surface area contributed by atoms with E-state index in [4.69, 9.17) is 4.52 Å². The summed E-state index contributed by atoms with van der Waals surface area (Å²) in [5.74, 6) is 1.22. The summed E-state index contributed by atoms with van der Waals surface area (Å²) >= 11 is 0. The molecule has 1 aliphatic carbocycles. The topological polar surface area (TPSA) is 59.2 Å². The van der Waals surface area contributed by atoms with E-state index in [1.165, 1.54) is 6.07 Å². The molecule has 0 bridgehead atoms. The summed E-state index contributed by atoms with van der Waals surface area (Å²) in [7, 11) is 0. The zero-order chi connectivity index (χ0) is 16.7. The molecule has 24 heavy (non-hydrogen) atoms. The number of carbonyl (C=O) groups excluding carboxylic acids is 1. The van der Waals surface area contributed by atoms with Gasteiger partial charge in [0.2, 0.25) is 11.8 Å². The van der Waals surface area contributed by atoms with Crippen LogP contribution in [0.5, 0.6) is 0 Å². The highest BCUT2D eigenvalue weighted by atomic mass is 19.1. The van der Waals surface area contributed by atoms with Crippen molar-refractivity contribution in [2.75, 3.05) is 13.1 Å². The Bertz CT molecular complexity index is 760. The monoisotopic (exact) mass is 329 g/mol. The second kappa shape index (κ2) is 6.00. The SMILES string of the molecule is Cc1nc([C@@H]2CCCN(C(=O)[C@@H]3C[C@H]3c3ccccc3F)C2)no1. The lowest BCUT2D eigenvalue weighted by Crippen LogP contribution is -2.40. The van der Waals surface area contributed by atoms with Crippen LogP contribution in [0.2, 0.25) is 0 Å². The Hall–Kier alpha value is -2.24. The number of amides is 1. The number of nitrogens with zero attached hydrogens (tertiary/aromatic N) is 3. The van der Waals surface area contributed by atoms with E-state index in [1.807, 2.05) is 11.0 Å². The lowest BCUT2D eigenvalue weighted by Gasteiger charge is -2.31. The number of likely N-dealkylation sites (tertiary alicyclic amines) is 1. The first-order valence-electron chi connectivity index (χ1n) is 8.47. The number of aryl methyl sites for hydroxylation is 1. The Kier molecular flexibility index (Phi) is 3.82. The van der Waals surface area contributed by atoms with Gasteiger partial charge in [-0.05, 0) is 36.8 Å². The molecule has 6 heteroatoms. The van der Waals surface area contributed by atoms with Gasteiger partial charge in [0.25, 0.3) is 0 Å². The number of aromatic nitrogens is 2. The molecule has 2 fully saturated rings. The van der Waals surface area contributed by atoms with Crippen LogP contribution in [0, 0.1) is 18.7 Å². The molecule has 4 rings (SSSR count). The van der Waals surface area contributed by atoms with Gasteiger partial charge < -0.3 is 9.42 Å². The first kappa shape index (κ1) is 15.3. The van der Waals surface area contributed by atoms with Crippen molar-refractivity contribution < 1.29 is 13.7 Å². The van der Waals surface area contributed by atoms with Crippen molar-refractivity contribution in [3.05, 3.63) is 47.4 Å². The standard InChI is InChI=1S/C18H20FN3O2/c1-11-20-17(21-24-11)12-5-4-8-22(10-12)18(23)15-9-14(15)13-6-2-3-7-16(13)19/h2-3,6-7,12,14-15H,4-5,8-10H2,1H3/t12-,14+,15-/m1/s1. The molecule has 0 spiro atoms. The Morgan fingerprint density at radius 3 is 2.96 bits per heavy atom. The molecular formula is C18H20FN3O2. The van der Waals surface area contributed by atoms with E-state index >= 15 is 0 Å². The van der Waals surface area contributed by atoms with E-state index in [-0.39, 0.29) is 29.5 Å². The number of benzene rings is 1. The highest BCUT2D eigenvalue weighted by molar-refractivity contribution is 5.83. The molecule has 2 aromatic rings. The van der Waals surface area contributed by atoms with E-state index in [1.54, 1.807) is 19.1 Å². The highest BCUT2D eigenvalue weighted by Crippen LogP contribution is 2.49. The molecule has 126 valence electrons. The smallest absolute Gasteiger partial charge is 0.226 e. The van der Waals surface area contributed by atoms with E-state index in [9.17, 15) is 9.18 Å². The van der Waals surface area contributed by atoms with Crippen LogP contribution in [0.4, 0.5) is 4.39 Å². The maximum atomic E-state index is 13.9. The first-order chi connectivity index (χ1) is 11.6. The second-order valence-electron chi connectivity index (χ2n) is 6.77. The van der Waals surface area contributed by atoms with Crippen LogP contribution >= 0.6 is 0 Å². The number of carbonyl (C=O) groups is 1. The molecule has 1 saturated heterocycles. The van der Waals surface area contributed by atoms with Gasteiger partial charge in [-0.1, -0.05) is 23.4 Å². The van der Waals surface area contributed by atoms with Gasteiger partial charge >= 0.3 is 0 Å². The molecule has 0 unspecified atom stereocenters. The molecule has 1 amide bonds. The molecule has 1 saturated carbocycles. The molecular weight excluding hydrogens is 309 g/mol. The summed E-state index contributed by atoms with van der Waals surface area (Å²) in [6.45, 7) is 3.15. The third-order valence-corrected chi connectivity index (χ3v) is 5.05. The maximum Gasteiger partial charge on any atom is 0.226 e. The molecule has 1 aromatic heterocycles. The van der Waals surface area contributed by atoms with Crippen LogP contribution in [0.15, 0.2) is 28.8 Å². The fourth-order valence-electron chi connectivity index (χ4n) is 3.69. The first-order valence-corrected chi connectivity index (χ1v) is 8.47. The minimum Gasteiger partial charge on any atom is -0.342 e. The average molecular weight is 329 g/mol. The average Bonchev–Trinajstić information content (AvgIpc) is 3.27. The molecule has 0 radical (unpaired) electrons. The maximum absolute atomic E-state index is 13.9. The Morgan fingerprint density at radius 1 is 1.38 bits per heavy atom. The number of piperidine rings is 1. The third-order valence-electron chi connectivity index (χ3n) is 5.05. The molecule has 1 aromatic carbocycles. The van der Waals surface area contributed by atoms with Gasteiger partial charge in [0.1, 0.15) is 5.82 Å². The van der Waals surface area contributed by atoms with Crippen molar-refractivity contribution in [3.8, 4) is 0 Å². The lowest BCUT2D eigenvalue weighted by atomic mass is 9.96. The fraction of sp³-hybridized carbons (Fsp3) is 0.500. The van der Waals surface area contributed by atoms with Crippen molar-refractivity contribution in [3.63, 3.8) is 0 Å². The van der Waals surface area contributed by atoms with Gasteiger partial charge in [-0.3, -0.25) is 4.79 Å². The predicted octanol–water partition coefficient (Wildman–Crippen LogP) is 3.03. The second-order valence-corrected chi connectivity index (χ2v) is 6.77. The summed E-state index contributed by atoms with van der Waals surface area (Å²) in [5, 5.41) is 3.99.